The Kier molecular flexibility index (Phi) is 5.75. The predicted octanol–water partition coefficient (Wildman–Crippen LogP) is 3.28. The lowest BCUT2D eigenvalue weighted by molar-refractivity contribution is -0.736. The zero-order chi connectivity index (χ0) is 23.0. The molecule has 12 heteroatoms. The van der Waals surface area contributed by atoms with Crippen LogP contribution < -0.4 is 4.80 Å². The van der Waals surface area contributed by atoms with E-state index in [1.807, 2.05) is 12.1 Å². The molecule has 10 nitrogen and oxygen atoms in total. The molecule has 32 heavy (non-hydrogen) atoms. The van der Waals surface area contributed by atoms with E-state index in [9.17, 15) is 23.1 Å². The lowest BCUT2D eigenvalue weighted by Gasteiger charge is -2.02. The van der Waals surface area contributed by atoms with Gasteiger partial charge < -0.3 is 0 Å². The normalized spacial score (nSPS) is 11.5. The zero-order valence-electron chi connectivity index (χ0n) is 16.5. The van der Waals surface area contributed by atoms with E-state index in [0.29, 0.717) is 11.3 Å². The number of aromatic nitrogens is 4. The number of rotatable bonds is 5. The third-order valence-electron chi connectivity index (χ3n) is 4.56. The number of nitrogens with zero attached hydrogens (tertiary/aromatic N) is 5. The molecule has 4 rings (SSSR count). The van der Waals surface area contributed by atoms with Gasteiger partial charge in [-0.05, 0) is 87.4 Å². The second-order valence-corrected chi connectivity index (χ2v) is 9.44. The summed E-state index contributed by atoms with van der Waals surface area (Å²) in [5.41, 5.74) is 1.25. The molecule has 4 aromatic rings. The van der Waals surface area contributed by atoms with Crippen LogP contribution in [0.3, 0.4) is 0 Å². The molecule has 1 N–H and O–H groups in total. The van der Waals surface area contributed by atoms with Gasteiger partial charge in [-0.1, -0.05) is 18.2 Å². The first-order chi connectivity index (χ1) is 15.1. The van der Waals surface area contributed by atoms with Crippen molar-refractivity contribution < 1.29 is 22.7 Å². The number of halogens is 1. The Morgan fingerprint density at radius 3 is 2.44 bits per heavy atom. The summed E-state index contributed by atoms with van der Waals surface area (Å²) in [4.78, 5) is 13.4. The fraction of sp³-hybridized carbons (Fsp3) is 0.0500. The number of nitro groups is 1. The van der Waals surface area contributed by atoms with Crippen LogP contribution in [0.25, 0.3) is 22.8 Å². The van der Waals surface area contributed by atoms with E-state index < -0.39 is 15.0 Å². The van der Waals surface area contributed by atoms with Crippen LogP contribution >= 0.6 is 22.6 Å². The van der Waals surface area contributed by atoms with Crippen molar-refractivity contribution in [3.63, 3.8) is 0 Å². The van der Waals surface area contributed by atoms with Crippen molar-refractivity contribution in [2.75, 3.05) is 0 Å². The van der Waals surface area contributed by atoms with E-state index in [1.54, 1.807) is 37.3 Å². The molecule has 0 unspecified atom stereocenters. The van der Waals surface area contributed by atoms with Gasteiger partial charge in [-0.3, -0.25) is 14.7 Å². The molecule has 0 aliphatic rings. The maximum Gasteiger partial charge on any atom is 0.341 e. The largest absolute Gasteiger partial charge is 0.341 e. The molecule has 0 amide bonds. The fourth-order valence-corrected chi connectivity index (χ4v) is 4.16. The summed E-state index contributed by atoms with van der Waals surface area (Å²) >= 11 is 2.15. The number of aryl methyl sites for hydroxylation is 1. The SMILES string of the molecule is Cc1ccc(-[n+]2nc(-c3ccccc3S(=O)(=O)O)nn2-c2ccc(I)cc2)c([N+](=O)[O-])c1. The zero-order valence-corrected chi connectivity index (χ0v) is 19.4. The van der Waals surface area contributed by atoms with Gasteiger partial charge in [0.05, 0.1) is 15.6 Å². The highest BCUT2D eigenvalue weighted by Crippen LogP contribution is 2.25. The van der Waals surface area contributed by atoms with Gasteiger partial charge in [-0.25, -0.2) is 0 Å². The Morgan fingerprint density at radius 1 is 1.09 bits per heavy atom. The molecule has 0 bridgehead atoms. The van der Waals surface area contributed by atoms with Crippen LogP contribution in [-0.4, -0.2) is 32.9 Å². The van der Waals surface area contributed by atoms with Gasteiger partial charge in [0.2, 0.25) is 0 Å². The summed E-state index contributed by atoms with van der Waals surface area (Å²) in [5.74, 6) is -0.0355. The highest BCUT2D eigenvalue weighted by Gasteiger charge is 2.31. The number of benzene rings is 3. The van der Waals surface area contributed by atoms with E-state index in [4.69, 9.17) is 0 Å². The second kappa shape index (κ2) is 8.37. The summed E-state index contributed by atoms with van der Waals surface area (Å²) in [6.45, 7) is 1.74. The van der Waals surface area contributed by atoms with E-state index in [2.05, 4.69) is 32.8 Å². The van der Waals surface area contributed by atoms with Gasteiger partial charge in [0.15, 0.2) is 0 Å². The minimum absolute atomic E-state index is 0.0355. The van der Waals surface area contributed by atoms with Gasteiger partial charge in [0.25, 0.3) is 15.8 Å². The molecule has 1 heterocycles. The Morgan fingerprint density at radius 2 is 1.78 bits per heavy atom. The molecule has 0 saturated carbocycles. The summed E-state index contributed by atoms with van der Waals surface area (Å²) in [5, 5.41) is 20.5. The van der Waals surface area contributed by atoms with Crippen molar-refractivity contribution in [2.24, 2.45) is 0 Å². The van der Waals surface area contributed by atoms with Crippen LogP contribution in [0.4, 0.5) is 5.69 Å². The topological polar surface area (TPSA) is 132 Å². The highest BCUT2D eigenvalue weighted by molar-refractivity contribution is 14.1. The first kappa shape index (κ1) is 22.0. The molecule has 162 valence electrons. The lowest BCUT2D eigenvalue weighted by Crippen LogP contribution is -2.43. The monoisotopic (exact) mass is 564 g/mol. The molecular weight excluding hydrogens is 549 g/mol. The van der Waals surface area contributed by atoms with Gasteiger partial charge in [-0.2, -0.15) is 8.42 Å². The van der Waals surface area contributed by atoms with Crippen LogP contribution in [0.15, 0.2) is 71.6 Å². The molecule has 3 aromatic carbocycles. The van der Waals surface area contributed by atoms with Gasteiger partial charge in [0.1, 0.15) is 10.6 Å². The molecule has 0 saturated heterocycles. The maximum absolute atomic E-state index is 11.9. The summed E-state index contributed by atoms with van der Waals surface area (Å²) in [6, 6.07) is 17.6. The summed E-state index contributed by atoms with van der Waals surface area (Å²) in [7, 11) is -4.56. The van der Waals surface area contributed by atoms with Crippen molar-refractivity contribution in [3.8, 4) is 22.8 Å². The predicted molar refractivity (Wildman–Crippen MR) is 122 cm³/mol. The van der Waals surface area contributed by atoms with Crippen LogP contribution in [0, 0.1) is 20.6 Å². The highest BCUT2D eigenvalue weighted by atomic mass is 127. The molecule has 0 atom stereocenters. The molecule has 0 radical (unpaired) electrons. The average molecular weight is 564 g/mol. The standard InChI is InChI=1S/C20H14IN5O5S/c1-13-6-11-17(18(12-13)26(27)28)25-23-20(16-4-2-3-5-19(16)32(29,30)31)22-24(25)15-9-7-14(21)8-10-15/h2-12H,1H3/p+1. The minimum Gasteiger partial charge on any atom is -0.282 e. The molecule has 0 spiro atoms. The number of hydrogen-bond donors (Lipinski definition) is 1. The van der Waals surface area contributed by atoms with Crippen LogP contribution in [0.2, 0.25) is 0 Å². The first-order valence-electron chi connectivity index (χ1n) is 9.13. The first-order valence-corrected chi connectivity index (χ1v) is 11.6. The smallest absolute Gasteiger partial charge is 0.282 e. The third-order valence-corrected chi connectivity index (χ3v) is 6.20. The quantitative estimate of drug-likeness (QED) is 0.129. The van der Waals surface area contributed by atoms with Crippen LogP contribution in [0.5, 0.6) is 0 Å². The molecule has 0 fully saturated rings. The second-order valence-electron chi connectivity index (χ2n) is 6.80. The van der Waals surface area contributed by atoms with Gasteiger partial charge >= 0.3 is 11.5 Å². The third kappa shape index (κ3) is 4.24. The van der Waals surface area contributed by atoms with Crippen molar-refractivity contribution in [1.82, 2.24) is 15.0 Å². The number of tetrazole rings is 1. The molecular formula is C20H15IN5O5S+. The maximum atomic E-state index is 11.9. The Hall–Kier alpha value is -3.23. The van der Waals surface area contributed by atoms with Gasteiger partial charge in [0, 0.05) is 14.4 Å². The minimum atomic E-state index is -4.56. The van der Waals surface area contributed by atoms with Crippen LogP contribution in [-0.2, 0) is 10.1 Å². The summed E-state index contributed by atoms with van der Waals surface area (Å²) in [6.07, 6.45) is 0. The average Bonchev–Trinajstić information content (AvgIpc) is 3.18. The Balaban J connectivity index is 2.03. The van der Waals surface area contributed by atoms with Crippen molar-refractivity contribution in [3.05, 3.63) is 86.0 Å². The number of hydrogen-bond acceptors (Lipinski definition) is 6. The lowest BCUT2D eigenvalue weighted by atomic mass is 10.2. The molecule has 0 aliphatic heterocycles. The van der Waals surface area contributed by atoms with E-state index >= 15 is 0 Å². The van der Waals surface area contributed by atoms with E-state index in [0.717, 1.165) is 3.57 Å². The van der Waals surface area contributed by atoms with E-state index in [1.165, 1.54) is 33.9 Å². The van der Waals surface area contributed by atoms with E-state index in [-0.39, 0.29) is 27.7 Å². The van der Waals surface area contributed by atoms with Crippen molar-refractivity contribution in [2.45, 2.75) is 11.8 Å². The Bertz CT molecular complexity index is 1450. The molecule has 1 aromatic heterocycles. The fourth-order valence-electron chi connectivity index (χ4n) is 3.11. The van der Waals surface area contributed by atoms with Crippen molar-refractivity contribution >= 4 is 38.4 Å². The summed E-state index contributed by atoms with van der Waals surface area (Å²) < 4.78 is 34.3. The van der Waals surface area contributed by atoms with Crippen molar-refractivity contribution in [1.29, 1.82) is 0 Å². The Labute approximate surface area is 196 Å². The van der Waals surface area contributed by atoms with Gasteiger partial charge in [-0.15, -0.1) is 0 Å². The molecule has 0 aliphatic carbocycles. The van der Waals surface area contributed by atoms with Crippen LogP contribution in [0.1, 0.15) is 5.56 Å². The number of nitro benzene ring substituents is 1.